The van der Waals surface area contributed by atoms with Gasteiger partial charge in [-0.3, -0.25) is 0 Å². The predicted octanol–water partition coefficient (Wildman–Crippen LogP) is 7.00. The Bertz CT molecular complexity index is 1310. The van der Waals surface area contributed by atoms with Gasteiger partial charge in [-0.1, -0.05) is 97.1 Å². The molecule has 28 heavy (non-hydrogen) atoms. The summed E-state index contributed by atoms with van der Waals surface area (Å²) in [6.07, 6.45) is 0. The van der Waals surface area contributed by atoms with E-state index in [-0.39, 0.29) is 5.92 Å². The smallest absolute Gasteiger partial charge is 0.0547 e. The average Bonchev–Trinajstić information content (AvgIpc) is 3.09. The van der Waals surface area contributed by atoms with Crippen molar-refractivity contribution < 1.29 is 0 Å². The van der Waals surface area contributed by atoms with Crippen LogP contribution in [0.4, 0.5) is 0 Å². The molecule has 1 unspecified atom stereocenters. The minimum absolute atomic E-state index is 0.216. The van der Waals surface area contributed by atoms with Gasteiger partial charge in [0.2, 0.25) is 0 Å². The number of aromatic nitrogens is 1. The molecular weight excluding hydrogens is 338 g/mol. The molecule has 1 aliphatic rings. The molecule has 5 aromatic rings. The molecule has 0 amide bonds. The predicted molar refractivity (Wildman–Crippen MR) is 117 cm³/mol. The Morgan fingerprint density at radius 3 is 1.96 bits per heavy atom. The van der Waals surface area contributed by atoms with Gasteiger partial charge >= 0.3 is 0 Å². The van der Waals surface area contributed by atoms with Gasteiger partial charge in [0.1, 0.15) is 0 Å². The van der Waals surface area contributed by atoms with Crippen molar-refractivity contribution in [3.63, 3.8) is 0 Å². The van der Waals surface area contributed by atoms with Crippen molar-refractivity contribution in [1.29, 1.82) is 0 Å². The monoisotopic (exact) mass is 357 g/mol. The Kier molecular flexibility index (Phi) is 3.30. The molecule has 1 heterocycles. The first kappa shape index (κ1) is 15.5. The van der Waals surface area contributed by atoms with Crippen LogP contribution >= 0.6 is 0 Å². The number of hydrogen-bond donors (Lipinski definition) is 1. The van der Waals surface area contributed by atoms with Crippen molar-refractivity contribution in [3.05, 3.63) is 120 Å². The number of benzene rings is 4. The number of hydrogen-bond acceptors (Lipinski definition) is 0. The maximum atomic E-state index is 3.73. The summed E-state index contributed by atoms with van der Waals surface area (Å²) in [4.78, 5) is 3.73. The van der Waals surface area contributed by atoms with Crippen molar-refractivity contribution in [2.24, 2.45) is 0 Å². The van der Waals surface area contributed by atoms with Gasteiger partial charge in [-0.2, -0.15) is 0 Å². The number of fused-ring (bicyclic) bond motifs is 7. The van der Waals surface area contributed by atoms with Crippen molar-refractivity contribution in [2.75, 3.05) is 0 Å². The summed E-state index contributed by atoms with van der Waals surface area (Å²) in [7, 11) is 0. The number of nitrogens with one attached hydrogen (secondary N) is 1. The third kappa shape index (κ3) is 2.13. The zero-order valence-corrected chi connectivity index (χ0v) is 15.4. The van der Waals surface area contributed by atoms with E-state index in [1.165, 1.54) is 50.0 Å². The fourth-order valence-electron chi connectivity index (χ4n) is 4.75. The number of aromatic amines is 1. The van der Waals surface area contributed by atoms with Gasteiger partial charge in [0.15, 0.2) is 0 Å². The second-order valence-electron chi connectivity index (χ2n) is 7.44. The quantitative estimate of drug-likeness (QED) is 0.326. The number of para-hydroxylation sites is 1. The molecule has 4 aromatic carbocycles. The van der Waals surface area contributed by atoms with Crippen LogP contribution in [0.25, 0.3) is 33.3 Å². The highest BCUT2D eigenvalue weighted by atomic mass is 14.7. The van der Waals surface area contributed by atoms with Crippen LogP contribution in [-0.4, -0.2) is 4.98 Å². The molecule has 1 nitrogen and oxygen atoms in total. The van der Waals surface area contributed by atoms with Crippen molar-refractivity contribution in [1.82, 2.24) is 4.98 Å². The van der Waals surface area contributed by atoms with Crippen molar-refractivity contribution in [3.8, 4) is 22.4 Å². The average molecular weight is 357 g/mol. The molecule has 0 saturated carbocycles. The van der Waals surface area contributed by atoms with Gasteiger partial charge in [-0.05, 0) is 28.3 Å². The van der Waals surface area contributed by atoms with Gasteiger partial charge in [-0.15, -0.1) is 0 Å². The molecule has 1 heteroatoms. The number of rotatable bonds is 1. The van der Waals surface area contributed by atoms with E-state index in [0.717, 1.165) is 0 Å². The van der Waals surface area contributed by atoms with E-state index < -0.39 is 0 Å². The Morgan fingerprint density at radius 2 is 1.14 bits per heavy atom. The van der Waals surface area contributed by atoms with Crippen LogP contribution in [0.5, 0.6) is 0 Å². The van der Waals surface area contributed by atoms with Crippen LogP contribution in [0.1, 0.15) is 22.6 Å². The lowest BCUT2D eigenvalue weighted by atomic mass is 9.82. The van der Waals surface area contributed by atoms with Gasteiger partial charge in [0.25, 0.3) is 0 Å². The van der Waals surface area contributed by atoms with E-state index in [2.05, 4.69) is 108 Å². The van der Waals surface area contributed by atoms with E-state index in [4.69, 9.17) is 0 Å². The summed E-state index contributed by atoms with van der Waals surface area (Å²) < 4.78 is 0. The van der Waals surface area contributed by atoms with Crippen LogP contribution in [0, 0.1) is 0 Å². The normalized spacial score (nSPS) is 14.8. The lowest BCUT2D eigenvalue weighted by Gasteiger charge is -2.21. The molecule has 0 spiro atoms. The molecule has 0 saturated heterocycles. The third-order valence-electron chi connectivity index (χ3n) is 5.92. The molecule has 1 N–H and O–H groups in total. The Balaban J connectivity index is 1.79. The maximum absolute atomic E-state index is 3.73. The second-order valence-corrected chi connectivity index (χ2v) is 7.44. The van der Waals surface area contributed by atoms with Crippen LogP contribution in [0.3, 0.4) is 0 Å². The Hall–Kier alpha value is -3.58. The van der Waals surface area contributed by atoms with Crippen molar-refractivity contribution >= 4 is 10.9 Å². The maximum Gasteiger partial charge on any atom is 0.0547 e. The number of H-pyrrole nitrogens is 1. The summed E-state index contributed by atoms with van der Waals surface area (Å²) in [5, 5.41) is 1.29. The van der Waals surface area contributed by atoms with Gasteiger partial charge in [0.05, 0.1) is 5.69 Å². The fourth-order valence-corrected chi connectivity index (χ4v) is 4.75. The highest BCUT2D eigenvalue weighted by molar-refractivity contribution is 6.06. The fraction of sp³-hybridized carbons (Fsp3) is 0.0370. The lowest BCUT2D eigenvalue weighted by Crippen LogP contribution is -2.04. The SMILES string of the molecule is c1ccc(C2c3ccccc3-c3[nH]c4ccccc4c3-c3ccccc32)cc1. The van der Waals surface area contributed by atoms with Gasteiger partial charge in [0, 0.05) is 27.9 Å². The summed E-state index contributed by atoms with van der Waals surface area (Å²) in [5.74, 6) is 0.216. The largest absolute Gasteiger partial charge is 0.354 e. The van der Waals surface area contributed by atoms with E-state index in [9.17, 15) is 0 Å². The van der Waals surface area contributed by atoms with E-state index in [0.29, 0.717) is 0 Å². The summed E-state index contributed by atoms with van der Waals surface area (Å²) in [6, 6.07) is 37.2. The first-order valence-electron chi connectivity index (χ1n) is 9.76. The molecule has 1 atom stereocenters. The summed E-state index contributed by atoms with van der Waals surface area (Å²) in [6.45, 7) is 0. The van der Waals surface area contributed by atoms with Crippen LogP contribution in [0.2, 0.25) is 0 Å². The zero-order valence-electron chi connectivity index (χ0n) is 15.4. The first-order valence-corrected chi connectivity index (χ1v) is 9.76. The molecule has 1 aliphatic carbocycles. The molecule has 0 aliphatic heterocycles. The second kappa shape index (κ2) is 5.97. The van der Waals surface area contributed by atoms with Gasteiger partial charge in [-0.25, -0.2) is 0 Å². The highest BCUT2D eigenvalue weighted by Gasteiger charge is 2.29. The summed E-state index contributed by atoms with van der Waals surface area (Å²) >= 11 is 0. The molecule has 1 aromatic heterocycles. The molecule has 0 radical (unpaired) electrons. The van der Waals surface area contributed by atoms with Crippen molar-refractivity contribution in [2.45, 2.75) is 5.92 Å². The van der Waals surface area contributed by atoms with Gasteiger partial charge < -0.3 is 4.98 Å². The molecule has 0 fully saturated rings. The van der Waals surface area contributed by atoms with E-state index in [1.54, 1.807) is 0 Å². The molecule has 132 valence electrons. The minimum Gasteiger partial charge on any atom is -0.354 e. The van der Waals surface area contributed by atoms with Crippen LogP contribution in [0.15, 0.2) is 103 Å². The lowest BCUT2D eigenvalue weighted by molar-refractivity contribution is 0.987. The van der Waals surface area contributed by atoms with E-state index in [1.807, 2.05) is 0 Å². The molecule has 6 rings (SSSR count). The minimum atomic E-state index is 0.216. The van der Waals surface area contributed by atoms with Crippen LogP contribution < -0.4 is 0 Å². The molecule has 0 bridgehead atoms. The summed E-state index contributed by atoms with van der Waals surface area (Å²) in [5.41, 5.74) is 10.4. The molecular formula is C27H19N. The standard InChI is InChI=1S/C27H19N/c1-2-10-18(11-3-1)25-19-12-4-5-13-20(19)26-23-16-8-9-17-24(23)28-27(26)22-15-7-6-14-21(22)25/h1-17,25,28H. The zero-order chi connectivity index (χ0) is 18.5. The van der Waals surface area contributed by atoms with E-state index >= 15 is 0 Å². The first-order chi connectivity index (χ1) is 13.9. The Labute approximate surface area is 164 Å². The third-order valence-corrected chi connectivity index (χ3v) is 5.92. The highest BCUT2D eigenvalue weighted by Crippen LogP contribution is 2.49. The Morgan fingerprint density at radius 1 is 0.536 bits per heavy atom. The van der Waals surface area contributed by atoms with Crippen LogP contribution in [-0.2, 0) is 0 Å². The topological polar surface area (TPSA) is 15.8 Å².